The second-order valence-corrected chi connectivity index (χ2v) is 6.33. The molecule has 0 spiro atoms. The fraction of sp³-hybridized carbons (Fsp3) is 0.353. The van der Waals surface area contributed by atoms with E-state index in [0.29, 0.717) is 16.1 Å². The lowest BCUT2D eigenvalue weighted by Crippen LogP contribution is -2.23. The van der Waals surface area contributed by atoms with Crippen molar-refractivity contribution in [3.05, 3.63) is 51.0 Å². The molecule has 0 aliphatic carbocycles. The molecule has 1 aromatic carbocycles. The van der Waals surface area contributed by atoms with Crippen molar-refractivity contribution in [3.63, 3.8) is 0 Å². The summed E-state index contributed by atoms with van der Waals surface area (Å²) in [5, 5.41) is 3.93. The SMILES string of the molecule is CCCCCCOc1ccccc1/C=c1\sc2ncnn2c1=O. The highest BCUT2D eigenvalue weighted by Gasteiger charge is 2.07. The number of hydrogen-bond acceptors (Lipinski definition) is 5. The summed E-state index contributed by atoms with van der Waals surface area (Å²) in [6.45, 7) is 2.89. The molecular weight excluding hydrogens is 310 g/mol. The van der Waals surface area contributed by atoms with Gasteiger partial charge in [-0.1, -0.05) is 55.7 Å². The second kappa shape index (κ2) is 7.37. The van der Waals surface area contributed by atoms with Gasteiger partial charge in [-0.05, 0) is 18.6 Å². The number of aromatic nitrogens is 3. The van der Waals surface area contributed by atoms with Crippen molar-refractivity contribution in [3.8, 4) is 5.75 Å². The van der Waals surface area contributed by atoms with Crippen molar-refractivity contribution in [1.82, 2.24) is 14.6 Å². The summed E-state index contributed by atoms with van der Waals surface area (Å²) in [4.78, 5) is 16.9. The van der Waals surface area contributed by atoms with Crippen LogP contribution in [0.25, 0.3) is 11.0 Å². The van der Waals surface area contributed by atoms with Crippen molar-refractivity contribution in [2.45, 2.75) is 32.6 Å². The molecule has 0 radical (unpaired) electrons. The van der Waals surface area contributed by atoms with Crippen LogP contribution < -0.4 is 14.8 Å². The molecule has 0 fully saturated rings. The number of nitrogens with zero attached hydrogens (tertiary/aromatic N) is 3. The smallest absolute Gasteiger partial charge is 0.291 e. The third kappa shape index (κ3) is 3.59. The van der Waals surface area contributed by atoms with E-state index >= 15 is 0 Å². The van der Waals surface area contributed by atoms with Gasteiger partial charge in [0.05, 0.1) is 11.1 Å². The Morgan fingerprint density at radius 3 is 2.96 bits per heavy atom. The minimum absolute atomic E-state index is 0.139. The molecule has 0 N–H and O–H groups in total. The van der Waals surface area contributed by atoms with E-state index in [4.69, 9.17) is 4.74 Å². The molecule has 2 aromatic heterocycles. The average molecular weight is 329 g/mol. The Hall–Kier alpha value is -2.21. The van der Waals surface area contributed by atoms with Crippen LogP contribution in [-0.2, 0) is 0 Å². The third-order valence-corrected chi connectivity index (χ3v) is 4.56. The molecule has 0 amide bonds. The van der Waals surface area contributed by atoms with Gasteiger partial charge in [0.15, 0.2) is 0 Å². The second-order valence-electron chi connectivity index (χ2n) is 5.32. The third-order valence-electron chi connectivity index (χ3n) is 3.58. The normalized spacial score (nSPS) is 12.1. The maximum Gasteiger partial charge on any atom is 0.291 e. The van der Waals surface area contributed by atoms with Crippen molar-refractivity contribution in [2.75, 3.05) is 6.61 Å². The first-order valence-electron chi connectivity index (χ1n) is 7.85. The minimum atomic E-state index is -0.139. The van der Waals surface area contributed by atoms with Crippen LogP contribution in [0, 0.1) is 0 Å². The summed E-state index contributed by atoms with van der Waals surface area (Å²) in [6.07, 6.45) is 7.92. The molecule has 2 heterocycles. The van der Waals surface area contributed by atoms with E-state index in [2.05, 4.69) is 17.0 Å². The summed E-state index contributed by atoms with van der Waals surface area (Å²) in [5.74, 6) is 0.808. The van der Waals surface area contributed by atoms with E-state index in [1.807, 2.05) is 30.3 Å². The molecule has 0 saturated heterocycles. The number of thiazole rings is 1. The van der Waals surface area contributed by atoms with E-state index in [0.717, 1.165) is 17.7 Å². The predicted molar refractivity (Wildman–Crippen MR) is 92.0 cm³/mol. The maximum atomic E-state index is 12.2. The van der Waals surface area contributed by atoms with Gasteiger partial charge in [0.1, 0.15) is 12.1 Å². The van der Waals surface area contributed by atoms with E-state index in [-0.39, 0.29) is 5.56 Å². The number of ether oxygens (including phenoxy) is 1. The summed E-state index contributed by atoms with van der Waals surface area (Å²) in [7, 11) is 0. The van der Waals surface area contributed by atoms with E-state index in [1.165, 1.54) is 41.4 Å². The van der Waals surface area contributed by atoms with Gasteiger partial charge in [0, 0.05) is 5.56 Å². The van der Waals surface area contributed by atoms with Crippen LogP contribution in [0.15, 0.2) is 35.4 Å². The van der Waals surface area contributed by atoms with Crippen molar-refractivity contribution < 1.29 is 4.74 Å². The number of hydrogen-bond donors (Lipinski definition) is 0. The lowest BCUT2D eigenvalue weighted by Gasteiger charge is -2.08. The number of fused-ring (bicyclic) bond motifs is 1. The van der Waals surface area contributed by atoms with Crippen LogP contribution in [0.1, 0.15) is 38.2 Å². The van der Waals surface area contributed by atoms with Gasteiger partial charge in [-0.3, -0.25) is 4.79 Å². The molecule has 0 saturated carbocycles. The summed E-state index contributed by atoms with van der Waals surface area (Å²) in [6, 6.07) is 7.78. The monoisotopic (exact) mass is 329 g/mol. The molecule has 23 heavy (non-hydrogen) atoms. The van der Waals surface area contributed by atoms with E-state index in [9.17, 15) is 4.79 Å². The van der Waals surface area contributed by atoms with E-state index in [1.54, 1.807) is 0 Å². The van der Waals surface area contributed by atoms with Crippen molar-refractivity contribution >= 4 is 22.4 Å². The molecular formula is C17H19N3O2S. The van der Waals surface area contributed by atoms with Crippen molar-refractivity contribution in [1.29, 1.82) is 0 Å². The molecule has 0 unspecified atom stereocenters. The molecule has 0 aliphatic rings. The highest BCUT2D eigenvalue weighted by molar-refractivity contribution is 7.15. The van der Waals surface area contributed by atoms with Crippen LogP contribution in [0.4, 0.5) is 0 Å². The number of rotatable bonds is 7. The van der Waals surface area contributed by atoms with Gasteiger partial charge in [0.2, 0.25) is 4.96 Å². The Balaban J connectivity index is 1.82. The fourth-order valence-electron chi connectivity index (χ4n) is 2.36. The average Bonchev–Trinajstić information content (AvgIpc) is 3.13. The zero-order chi connectivity index (χ0) is 16.1. The van der Waals surface area contributed by atoms with Crippen LogP contribution >= 0.6 is 11.3 Å². The Kier molecular flexibility index (Phi) is 5.02. The lowest BCUT2D eigenvalue weighted by molar-refractivity contribution is 0.304. The van der Waals surface area contributed by atoms with Gasteiger partial charge in [-0.15, -0.1) is 0 Å². The first kappa shape index (κ1) is 15.7. The Labute approximate surface area is 138 Å². The molecule has 5 nitrogen and oxygen atoms in total. The zero-order valence-electron chi connectivity index (χ0n) is 13.1. The first-order valence-corrected chi connectivity index (χ1v) is 8.67. The Morgan fingerprint density at radius 1 is 1.26 bits per heavy atom. The van der Waals surface area contributed by atoms with Crippen LogP contribution in [0.5, 0.6) is 5.75 Å². The molecule has 3 aromatic rings. The predicted octanol–water partition coefficient (Wildman–Crippen LogP) is 2.66. The highest BCUT2D eigenvalue weighted by atomic mass is 32.1. The summed E-state index contributed by atoms with van der Waals surface area (Å²) in [5.41, 5.74) is 0.768. The lowest BCUT2D eigenvalue weighted by atomic mass is 10.2. The molecule has 3 rings (SSSR count). The maximum absolute atomic E-state index is 12.2. The van der Waals surface area contributed by atoms with Crippen LogP contribution in [0.3, 0.4) is 0 Å². The molecule has 0 aliphatic heterocycles. The van der Waals surface area contributed by atoms with Crippen LogP contribution in [-0.4, -0.2) is 21.2 Å². The summed E-state index contributed by atoms with van der Waals surface area (Å²) < 4.78 is 7.82. The topological polar surface area (TPSA) is 56.5 Å². The Bertz CT molecular complexity index is 885. The first-order chi connectivity index (χ1) is 11.3. The molecule has 120 valence electrons. The fourth-order valence-corrected chi connectivity index (χ4v) is 3.23. The Morgan fingerprint density at radius 2 is 2.13 bits per heavy atom. The highest BCUT2D eigenvalue weighted by Crippen LogP contribution is 2.19. The number of benzene rings is 1. The van der Waals surface area contributed by atoms with Crippen LogP contribution in [0.2, 0.25) is 0 Å². The van der Waals surface area contributed by atoms with Gasteiger partial charge >= 0.3 is 0 Å². The standard InChI is InChI=1S/C17H19N3O2S/c1-2-3-4-7-10-22-14-9-6-5-8-13(14)11-15-16(21)20-17(23-15)18-12-19-20/h5-6,8-9,11-12H,2-4,7,10H2,1H3/b15-11-. The largest absolute Gasteiger partial charge is 0.493 e. The molecule has 0 bridgehead atoms. The summed E-state index contributed by atoms with van der Waals surface area (Å²) >= 11 is 1.33. The number of para-hydroxylation sites is 1. The van der Waals surface area contributed by atoms with Gasteiger partial charge in [0.25, 0.3) is 5.56 Å². The number of unbranched alkanes of at least 4 members (excludes halogenated alkanes) is 3. The molecule has 0 atom stereocenters. The van der Waals surface area contributed by atoms with Gasteiger partial charge < -0.3 is 4.74 Å². The van der Waals surface area contributed by atoms with Crippen molar-refractivity contribution in [2.24, 2.45) is 0 Å². The zero-order valence-corrected chi connectivity index (χ0v) is 13.9. The van der Waals surface area contributed by atoms with Gasteiger partial charge in [-0.25, -0.2) is 4.98 Å². The minimum Gasteiger partial charge on any atom is -0.493 e. The van der Waals surface area contributed by atoms with E-state index < -0.39 is 0 Å². The van der Waals surface area contributed by atoms with Gasteiger partial charge in [-0.2, -0.15) is 9.61 Å². The quantitative estimate of drug-likeness (QED) is 0.625. The molecule has 6 heteroatoms.